The van der Waals surface area contributed by atoms with Gasteiger partial charge in [-0.15, -0.1) is 0 Å². The normalized spacial score (nSPS) is 35.5. The number of aliphatic imine (C=N–C) groups is 1. The van der Waals surface area contributed by atoms with Crippen LogP contribution in [0.15, 0.2) is 4.99 Å². The summed E-state index contributed by atoms with van der Waals surface area (Å²) in [6, 6.07) is 0. The van der Waals surface area contributed by atoms with Gasteiger partial charge in [0.15, 0.2) is 0 Å². The highest BCUT2D eigenvalue weighted by molar-refractivity contribution is 8.14. The van der Waals surface area contributed by atoms with Crippen molar-refractivity contribution in [2.45, 2.75) is 44.1 Å². The number of hydrogen-bond acceptors (Lipinski definition) is 4. The van der Waals surface area contributed by atoms with E-state index in [-0.39, 0.29) is 17.6 Å². The van der Waals surface area contributed by atoms with E-state index in [1.165, 1.54) is 0 Å². The second-order valence-corrected chi connectivity index (χ2v) is 5.92. The van der Waals surface area contributed by atoms with Crippen molar-refractivity contribution >= 4 is 16.8 Å². The first-order chi connectivity index (χ1) is 7.16. The number of fused-ring (bicyclic) bond motifs is 1. The number of rotatable bonds is 3. The first-order valence-corrected chi connectivity index (χ1v) is 6.52. The van der Waals surface area contributed by atoms with Crippen molar-refractivity contribution in [3.63, 3.8) is 0 Å². The molecule has 15 heavy (non-hydrogen) atoms. The largest absolute Gasteiger partial charge is 0.394 e. The summed E-state index contributed by atoms with van der Waals surface area (Å²) in [6.45, 7) is 5.31. The molecule has 2 rings (SSSR count). The molecule has 0 radical (unpaired) electrons. The molecular formula is C11H19NO2S. The first-order valence-electron chi connectivity index (χ1n) is 5.64. The van der Waals surface area contributed by atoms with E-state index in [0.29, 0.717) is 5.92 Å². The molecule has 1 saturated heterocycles. The summed E-state index contributed by atoms with van der Waals surface area (Å²) >= 11 is 1.71. The molecule has 2 aliphatic rings. The van der Waals surface area contributed by atoms with Crippen LogP contribution in [-0.2, 0) is 4.74 Å². The van der Waals surface area contributed by atoms with Crippen LogP contribution < -0.4 is 0 Å². The van der Waals surface area contributed by atoms with Crippen LogP contribution in [0.1, 0.15) is 33.1 Å². The molecule has 1 fully saturated rings. The Morgan fingerprint density at radius 3 is 3.07 bits per heavy atom. The van der Waals surface area contributed by atoms with Crippen molar-refractivity contribution in [1.82, 2.24) is 0 Å². The van der Waals surface area contributed by atoms with Gasteiger partial charge < -0.3 is 9.84 Å². The molecule has 0 aliphatic carbocycles. The molecule has 2 aliphatic heterocycles. The average Bonchev–Trinajstić information content (AvgIpc) is 2.55. The van der Waals surface area contributed by atoms with Crippen LogP contribution in [0.25, 0.3) is 0 Å². The molecule has 2 unspecified atom stereocenters. The predicted molar refractivity (Wildman–Crippen MR) is 63.3 cm³/mol. The van der Waals surface area contributed by atoms with Crippen molar-refractivity contribution < 1.29 is 9.84 Å². The average molecular weight is 229 g/mol. The van der Waals surface area contributed by atoms with Gasteiger partial charge in [0, 0.05) is 6.61 Å². The molecular weight excluding hydrogens is 210 g/mol. The topological polar surface area (TPSA) is 41.8 Å². The third kappa shape index (κ3) is 2.22. The quantitative estimate of drug-likeness (QED) is 0.805. The van der Waals surface area contributed by atoms with Crippen LogP contribution in [0.5, 0.6) is 0 Å². The molecule has 0 aromatic carbocycles. The Bertz CT molecular complexity index is 267. The number of nitrogens with zero attached hydrogens (tertiary/aromatic N) is 1. The standard InChI is InChI=1S/C11H19NO2S/c1-8(2)6-9-12-11(7-13)4-3-5-14-10(11)15-9/h8,10,13H,3-7H2,1-2H3. The summed E-state index contributed by atoms with van der Waals surface area (Å²) < 4.78 is 5.70. The van der Waals surface area contributed by atoms with Crippen LogP contribution in [-0.4, -0.2) is 34.3 Å². The Kier molecular flexibility index (Phi) is 3.38. The fourth-order valence-electron chi connectivity index (χ4n) is 2.12. The van der Waals surface area contributed by atoms with E-state index in [1.807, 2.05) is 0 Å². The summed E-state index contributed by atoms with van der Waals surface area (Å²) in [4.78, 5) is 4.70. The minimum atomic E-state index is -0.326. The van der Waals surface area contributed by atoms with E-state index in [4.69, 9.17) is 9.73 Å². The molecule has 0 aromatic heterocycles. The number of thioether (sulfide) groups is 1. The number of aliphatic hydroxyl groups is 1. The predicted octanol–water partition coefficient (Wildman–Crippen LogP) is 2.05. The lowest BCUT2D eigenvalue weighted by molar-refractivity contribution is -0.00545. The van der Waals surface area contributed by atoms with Gasteiger partial charge in [0.1, 0.15) is 11.0 Å². The Morgan fingerprint density at radius 2 is 2.47 bits per heavy atom. The van der Waals surface area contributed by atoms with E-state index in [0.717, 1.165) is 30.9 Å². The second kappa shape index (κ2) is 4.44. The zero-order chi connectivity index (χ0) is 10.9. The van der Waals surface area contributed by atoms with E-state index in [2.05, 4.69) is 13.8 Å². The Balaban J connectivity index is 2.11. The molecule has 0 aromatic rings. The highest BCUT2D eigenvalue weighted by atomic mass is 32.2. The number of aliphatic hydroxyl groups excluding tert-OH is 1. The first kappa shape index (κ1) is 11.4. The lowest BCUT2D eigenvalue weighted by Gasteiger charge is -2.34. The molecule has 4 heteroatoms. The maximum atomic E-state index is 9.50. The van der Waals surface area contributed by atoms with Crippen molar-refractivity contribution in [2.24, 2.45) is 10.9 Å². The summed E-state index contributed by atoms with van der Waals surface area (Å²) in [5, 5.41) is 10.7. The minimum Gasteiger partial charge on any atom is -0.394 e. The summed E-state index contributed by atoms with van der Waals surface area (Å²) in [5.41, 5.74) is -0.266. The van der Waals surface area contributed by atoms with Crippen LogP contribution in [0, 0.1) is 5.92 Å². The summed E-state index contributed by atoms with van der Waals surface area (Å²) in [7, 11) is 0. The van der Waals surface area contributed by atoms with Gasteiger partial charge in [-0.2, -0.15) is 0 Å². The monoisotopic (exact) mass is 229 g/mol. The Labute approximate surface area is 95.3 Å². The van der Waals surface area contributed by atoms with E-state index >= 15 is 0 Å². The van der Waals surface area contributed by atoms with Gasteiger partial charge in [0.25, 0.3) is 0 Å². The minimum absolute atomic E-state index is 0.0602. The molecule has 3 nitrogen and oxygen atoms in total. The zero-order valence-electron chi connectivity index (χ0n) is 9.40. The van der Waals surface area contributed by atoms with Crippen molar-refractivity contribution in [3.05, 3.63) is 0 Å². The van der Waals surface area contributed by atoms with Gasteiger partial charge in [0.2, 0.25) is 0 Å². The number of ether oxygens (including phenoxy) is 1. The molecule has 0 amide bonds. The van der Waals surface area contributed by atoms with Gasteiger partial charge >= 0.3 is 0 Å². The maximum absolute atomic E-state index is 9.50. The van der Waals surface area contributed by atoms with E-state index in [9.17, 15) is 5.11 Å². The van der Waals surface area contributed by atoms with Crippen molar-refractivity contribution in [1.29, 1.82) is 0 Å². The van der Waals surface area contributed by atoms with Crippen LogP contribution in [0.3, 0.4) is 0 Å². The van der Waals surface area contributed by atoms with E-state index in [1.54, 1.807) is 11.8 Å². The molecule has 1 N–H and O–H groups in total. The maximum Gasteiger partial charge on any atom is 0.136 e. The van der Waals surface area contributed by atoms with Gasteiger partial charge in [-0.05, 0) is 25.2 Å². The van der Waals surface area contributed by atoms with Crippen LogP contribution >= 0.6 is 11.8 Å². The van der Waals surface area contributed by atoms with Gasteiger partial charge in [0.05, 0.1) is 11.7 Å². The van der Waals surface area contributed by atoms with Crippen molar-refractivity contribution in [2.75, 3.05) is 13.2 Å². The molecule has 0 spiro atoms. The fraction of sp³-hybridized carbons (Fsp3) is 0.909. The third-order valence-corrected chi connectivity index (χ3v) is 4.23. The molecule has 2 heterocycles. The summed E-state index contributed by atoms with van der Waals surface area (Å²) in [6.07, 6.45) is 2.98. The van der Waals surface area contributed by atoms with Gasteiger partial charge in [-0.3, -0.25) is 4.99 Å². The van der Waals surface area contributed by atoms with Gasteiger partial charge in [-0.1, -0.05) is 25.6 Å². The highest BCUT2D eigenvalue weighted by Gasteiger charge is 2.47. The van der Waals surface area contributed by atoms with Crippen molar-refractivity contribution in [3.8, 4) is 0 Å². The van der Waals surface area contributed by atoms with Crippen LogP contribution in [0.2, 0.25) is 0 Å². The van der Waals surface area contributed by atoms with Gasteiger partial charge in [-0.25, -0.2) is 0 Å². The van der Waals surface area contributed by atoms with Crippen LogP contribution in [0.4, 0.5) is 0 Å². The molecule has 0 saturated carbocycles. The fourth-order valence-corrected chi connectivity index (χ4v) is 3.66. The highest BCUT2D eigenvalue weighted by Crippen LogP contribution is 2.43. The Morgan fingerprint density at radius 1 is 1.67 bits per heavy atom. The zero-order valence-corrected chi connectivity index (χ0v) is 10.2. The third-order valence-electron chi connectivity index (χ3n) is 2.91. The smallest absolute Gasteiger partial charge is 0.136 e. The number of hydrogen-bond donors (Lipinski definition) is 1. The molecule has 2 atom stereocenters. The lowest BCUT2D eigenvalue weighted by Crippen LogP contribution is -2.44. The second-order valence-electron chi connectivity index (χ2n) is 4.79. The van der Waals surface area contributed by atoms with E-state index < -0.39 is 0 Å². The molecule has 86 valence electrons. The lowest BCUT2D eigenvalue weighted by atomic mass is 9.94. The SMILES string of the molecule is CC(C)CC1=NC2(CO)CCCOC2S1. The molecule has 0 bridgehead atoms. The Hall–Kier alpha value is -0.0600. The summed E-state index contributed by atoms with van der Waals surface area (Å²) in [5.74, 6) is 0.618.